The summed E-state index contributed by atoms with van der Waals surface area (Å²) in [5.41, 5.74) is 2.06. The van der Waals surface area contributed by atoms with Crippen molar-refractivity contribution in [3.05, 3.63) is 41.2 Å². The third-order valence-corrected chi connectivity index (χ3v) is 4.13. The van der Waals surface area contributed by atoms with Crippen molar-refractivity contribution in [3.63, 3.8) is 0 Å². The lowest BCUT2D eigenvalue weighted by Crippen LogP contribution is -2.43. The summed E-state index contributed by atoms with van der Waals surface area (Å²) in [6.45, 7) is 1.71. The molecule has 1 aliphatic rings. The molecule has 26 heavy (non-hydrogen) atoms. The van der Waals surface area contributed by atoms with E-state index in [0.717, 1.165) is 31.2 Å². The van der Waals surface area contributed by atoms with E-state index >= 15 is 0 Å². The van der Waals surface area contributed by atoms with Gasteiger partial charge in [0, 0.05) is 6.54 Å². The van der Waals surface area contributed by atoms with E-state index in [1.54, 1.807) is 13.0 Å². The Morgan fingerprint density at radius 3 is 2.58 bits per heavy atom. The predicted molar refractivity (Wildman–Crippen MR) is 97.0 cm³/mol. The molecule has 3 amide bonds. The average Bonchev–Trinajstić information content (AvgIpc) is 2.63. The Kier molecular flexibility index (Phi) is 7.32. The fourth-order valence-corrected chi connectivity index (χ4v) is 2.71. The van der Waals surface area contributed by atoms with Gasteiger partial charge in [-0.25, -0.2) is 4.39 Å². The van der Waals surface area contributed by atoms with Crippen LogP contribution in [0.1, 0.15) is 37.7 Å². The molecule has 0 heterocycles. The minimum atomic E-state index is -0.887. The Morgan fingerprint density at radius 1 is 1.12 bits per heavy atom. The fraction of sp³-hybridized carbons (Fsp3) is 0.421. The third-order valence-electron chi connectivity index (χ3n) is 4.13. The Balaban J connectivity index is 1.68. The van der Waals surface area contributed by atoms with Crippen LogP contribution in [0, 0.1) is 12.7 Å². The average molecular weight is 361 g/mol. The zero-order valence-corrected chi connectivity index (χ0v) is 14.9. The van der Waals surface area contributed by atoms with Gasteiger partial charge in [-0.2, -0.15) is 0 Å². The summed E-state index contributed by atoms with van der Waals surface area (Å²) in [6.07, 6.45) is 7.39. The van der Waals surface area contributed by atoms with E-state index in [4.69, 9.17) is 0 Å². The van der Waals surface area contributed by atoms with Gasteiger partial charge >= 0.3 is 11.8 Å². The summed E-state index contributed by atoms with van der Waals surface area (Å²) in [5, 5.41) is 7.11. The highest BCUT2D eigenvalue weighted by molar-refractivity contribution is 6.35. The zero-order valence-electron chi connectivity index (χ0n) is 14.9. The smallest absolute Gasteiger partial charge is 0.309 e. The van der Waals surface area contributed by atoms with Crippen molar-refractivity contribution in [2.45, 2.75) is 39.0 Å². The first-order valence-electron chi connectivity index (χ1n) is 8.75. The van der Waals surface area contributed by atoms with Crippen molar-refractivity contribution in [2.75, 3.05) is 18.4 Å². The van der Waals surface area contributed by atoms with E-state index in [0.29, 0.717) is 6.54 Å². The highest BCUT2D eigenvalue weighted by atomic mass is 19.1. The van der Waals surface area contributed by atoms with E-state index in [1.807, 2.05) is 0 Å². The van der Waals surface area contributed by atoms with Gasteiger partial charge in [0.25, 0.3) is 0 Å². The van der Waals surface area contributed by atoms with Crippen LogP contribution in [0.25, 0.3) is 0 Å². The van der Waals surface area contributed by atoms with Crippen LogP contribution in [0.15, 0.2) is 29.8 Å². The van der Waals surface area contributed by atoms with Gasteiger partial charge in [-0.05, 0) is 56.7 Å². The minimum Gasteiger partial charge on any atom is -0.348 e. The van der Waals surface area contributed by atoms with Crippen LogP contribution in [-0.4, -0.2) is 30.8 Å². The summed E-state index contributed by atoms with van der Waals surface area (Å²) in [5.74, 6) is -2.83. The van der Waals surface area contributed by atoms with Gasteiger partial charge in [-0.15, -0.1) is 0 Å². The molecule has 7 heteroatoms. The molecule has 0 saturated heterocycles. The number of halogens is 1. The molecule has 0 unspecified atom stereocenters. The molecule has 6 nitrogen and oxygen atoms in total. The van der Waals surface area contributed by atoms with Crippen LogP contribution < -0.4 is 16.0 Å². The molecular formula is C19H24FN3O3. The monoisotopic (exact) mass is 361 g/mol. The van der Waals surface area contributed by atoms with Gasteiger partial charge < -0.3 is 16.0 Å². The molecule has 0 atom stereocenters. The number of amides is 3. The van der Waals surface area contributed by atoms with E-state index in [-0.39, 0.29) is 5.69 Å². The molecule has 3 N–H and O–H groups in total. The number of aryl methyl sites for hydroxylation is 1. The van der Waals surface area contributed by atoms with Crippen molar-refractivity contribution < 1.29 is 18.8 Å². The first-order chi connectivity index (χ1) is 12.5. The first-order valence-corrected chi connectivity index (χ1v) is 8.75. The van der Waals surface area contributed by atoms with Crippen molar-refractivity contribution >= 4 is 23.4 Å². The van der Waals surface area contributed by atoms with Crippen molar-refractivity contribution in [3.8, 4) is 0 Å². The van der Waals surface area contributed by atoms with Gasteiger partial charge in [0.1, 0.15) is 5.82 Å². The van der Waals surface area contributed by atoms with E-state index < -0.39 is 30.1 Å². The molecule has 0 bridgehead atoms. The molecule has 140 valence electrons. The first kappa shape index (κ1) is 19.6. The van der Waals surface area contributed by atoms with Crippen LogP contribution in [0.3, 0.4) is 0 Å². The number of carbonyl (C=O) groups is 3. The number of allylic oxidation sites excluding steroid dienone is 1. The van der Waals surface area contributed by atoms with Gasteiger partial charge in [-0.3, -0.25) is 14.4 Å². The van der Waals surface area contributed by atoms with Crippen LogP contribution in [-0.2, 0) is 14.4 Å². The fourth-order valence-electron chi connectivity index (χ4n) is 2.71. The lowest BCUT2D eigenvalue weighted by Gasteiger charge is -2.13. The maximum Gasteiger partial charge on any atom is 0.309 e. The summed E-state index contributed by atoms with van der Waals surface area (Å²) in [7, 11) is 0. The molecule has 0 radical (unpaired) electrons. The second kappa shape index (κ2) is 9.70. The van der Waals surface area contributed by atoms with Crippen LogP contribution in [0.5, 0.6) is 0 Å². The Bertz CT molecular complexity index is 716. The summed E-state index contributed by atoms with van der Waals surface area (Å²) in [6, 6.07) is 4.40. The van der Waals surface area contributed by atoms with Crippen LogP contribution in [0.4, 0.5) is 10.1 Å². The standard InChI is InChI=1S/C19H24FN3O3/c1-13-7-8-16(15(20)11-13)23-17(24)12-22-19(26)18(25)21-10-9-14-5-3-2-4-6-14/h5,7-8,11H,2-4,6,9-10,12H2,1H3,(H,21,25)(H,22,26)(H,23,24). The maximum absolute atomic E-state index is 13.7. The number of benzene rings is 1. The number of carbonyl (C=O) groups excluding carboxylic acids is 3. The van der Waals surface area contributed by atoms with Crippen molar-refractivity contribution in [1.29, 1.82) is 0 Å². The molecule has 0 saturated carbocycles. The van der Waals surface area contributed by atoms with Crippen molar-refractivity contribution in [2.24, 2.45) is 0 Å². The highest BCUT2D eigenvalue weighted by Crippen LogP contribution is 2.19. The molecule has 0 aliphatic heterocycles. The Morgan fingerprint density at radius 2 is 1.88 bits per heavy atom. The SMILES string of the molecule is Cc1ccc(NC(=O)CNC(=O)C(=O)NCCC2=CCCCC2)c(F)c1. The topological polar surface area (TPSA) is 87.3 Å². The third kappa shape index (κ3) is 6.31. The number of hydrogen-bond donors (Lipinski definition) is 3. The maximum atomic E-state index is 13.7. The molecule has 0 aromatic heterocycles. The second-order valence-electron chi connectivity index (χ2n) is 6.33. The number of rotatable bonds is 6. The van der Waals surface area contributed by atoms with Gasteiger partial charge in [0.2, 0.25) is 5.91 Å². The lowest BCUT2D eigenvalue weighted by atomic mass is 9.97. The van der Waals surface area contributed by atoms with E-state index in [2.05, 4.69) is 22.0 Å². The van der Waals surface area contributed by atoms with Gasteiger partial charge in [-0.1, -0.05) is 17.7 Å². The van der Waals surface area contributed by atoms with Crippen molar-refractivity contribution in [1.82, 2.24) is 10.6 Å². The molecule has 1 aliphatic carbocycles. The highest BCUT2D eigenvalue weighted by Gasteiger charge is 2.15. The lowest BCUT2D eigenvalue weighted by molar-refractivity contribution is -0.139. The molecule has 1 aromatic carbocycles. The Labute approximate surface area is 152 Å². The molecule has 2 rings (SSSR count). The van der Waals surface area contributed by atoms with Crippen LogP contribution in [0.2, 0.25) is 0 Å². The summed E-state index contributed by atoms with van der Waals surface area (Å²) >= 11 is 0. The van der Waals surface area contributed by atoms with E-state index in [1.165, 1.54) is 24.1 Å². The molecular weight excluding hydrogens is 337 g/mol. The van der Waals surface area contributed by atoms with Gasteiger partial charge in [0.15, 0.2) is 0 Å². The molecule has 0 fully saturated rings. The predicted octanol–water partition coefficient (Wildman–Crippen LogP) is 2.20. The number of anilines is 1. The van der Waals surface area contributed by atoms with Gasteiger partial charge in [0.05, 0.1) is 12.2 Å². The van der Waals surface area contributed by atoms with E-state index in [9.17, 15) is 18.8 Å². The Hall–Kier alpha value is -2.70. The number of nitrogens with one attached hydrogen (secondary N) is 3. The van der Waals surface area contributed by atoms with Crippen LogP contribution >= 0.6 is 0 Å². The summed E-state index contributed by atoms with van der Waals surface area (Å²) in [4.78, 5) is 35.2. The molecule has 1 aromatic rings. The quantitative estimate of drug-likeness (QED) is 0.536. The molecule has 0 spiro atoms. The summed E-state index contributed by atoms with van der Waals surface area (Å²) < 4.78 is 13.7. The number of hydrogen-bond acceptors (Lipinski definition) is 3. The largest absolute Gasteiger partial charge is 0.348 e. The normalized spacial score (nSPS) is 13.5. The second-order valence-corrected chi connectivity index (χ2v) is 6.33. The minimum absolute atomic E-state index is 0.0278. The zero-order chi connectivity index (χ0) is 18.9.